The molecule has 15 N–H and O–H groups in total. The minimum atomic E-state index is -0.333. The Labute approximate surface area is 69.6 Å². The topological polar surface area (TPSA) is 228 Å². The van der Waals surface area contributed by atoms with E-state index < -0.39 is 0 Å². The molecule has 0 aromatic heterocycles. The molecule has 0 aliphatic carbocycles. The standard InChI is InChI=1S/3CH5N3/c3*2-1(3)4/h3*(H5,2,3,4). The number of nitrogens with one attached hydrogen (secondary N) is 3. The fourth-order valence-corrected chi connectivity index (χ4v) is 0. The van der Waals surface area contributed by atoms with Crippen LogP contribution in [-0.4, -0.2) is 17.9 Å². The Bertz CT molecular complexity index is 107. The fourth-order valence-electron chi connectivity index (χ4n) is 0. The number of rotatable bonds is 0. The molecule has 0 aromatic rings. The van der Waals surface area contributed by atoms with Gasteiger partial charge in [-0.25, -0.2) is 0 Å². The van der Waals surface area contributed by atoms with Crippen molar-refractivity contribution < 1.29 is 0 Å². The Balaban J connectivity index is -0.000000101. The molecule has 0 radical (unpaired) electrons. The van der Waals surface area contributed by atoms with Crippen LogP contribution in [0.15, 0.2) is 0 Å². The highest BCUT2D eigenvalue weighted by Gasteiger charge is 1.53. The van der Waals surface area contributed by atoms with Gasteiger partial charge in [-0.3, -0.25) is 16.2 Å². The maximum atomic E-state index is 6.06. The normalized spacial score (nSPS) is 6.00. The third kappa shape index (κ3) is 75.5. The number of guanidine groups is 3. The summed E-state index contributed by atoms with van der Waals surface area (Å²) < 4.78 is 0. The lowest BCUT2D eigenvalue weighted by atomic mass is 11.1. The molecule has 0 rings (SSSR count). The second-order valence-corrected chi connectivity index (χ2v) is 1.37. The van der Waals surface area contributed by atoms with Crippen LogP contribution >= 0.6 is 0 Å². The smallest absolute Gasteiger partial charge is 0.183 e. The summed E-state index contributed by atoms with van der Waals surface area (Å²) in [4.78, 5) is 0. The summed E-state index contributed by atoms with van der Waals surface area (Å²) >= 11 is 0. The molecule has 0 aliphatic heterocycles. The molecule has 0 fully saturated rings. The van der Waals surface area contributed by atoms with Crippen molar-refractivity contribution in [2.75, 3.05) is 0 Å². The third-order valence-electron chi connectivity index (χ3n) is 0. The second-order valence-electron chi connectivity index (χ2n) is 1.37. The first-order chi connectivity index (χ1) is 5.20. The molecule has 9 heteroatoms. The zero-order valence-corrected chi connectivity index (χ0v) is 6.46. The largest absolute Gasteiger partial charge is 0.370 e. The maximum absolute atomic E-state index is 6.06. The molecule has 0 saturated heterocycles. The second kappa shape index (κ2) is 11.6. The van der Waals surface area contributed by atoms with Crippen LogP contribution in [0.5, 0.6) is 0 Å². The average Bonchev–Trinajstić information content (AvgIpc) is 1.54. The summed E-state index contributed by atoms with van der Waals surface area (Å²) in [6.45, 7) is 0. The van der Waals surface area contributed by atoms with E-state index in [9.17, 15) is 0 Å². The Kier molecular flexibility index (Phi) is 15.9. The molecule has 0 spiro atoms. The summed E-state index contributed by atoms with van der Waals surface area (Å²) in [5.74, 6) is -1.000. The molecule has 0 saturated carbocycles. The van der Waals surface area contributed by atoms with Crippen molar-refractivity contribution in [1.82, 2.24) is 0 Å². The molecule has 9 nitrogen and oxygen atoms in total. The summed E-state index contributed by atoms with van der Waals surface area (Å²) in [7, 11) is 0. The number of hydrogen-bond acceptors (Lipinski definition) is 3. The zero-order valence-electron chi connectivity index (χ0n) is 6.46. The molecule has 0 amide bonds. The molecule has 0 aromatic carbocycles. The van der Waals surface area contributed by atoms with Crippen LogP contribution in [0.1, 0.15) is 0 Å². The molecule has 0 aliphatic rings. The highest BCUT2D eigenvalue weighted by molar-refractivity contribution is 5.72. The number of nitrogens with two attached hydrogens (primary N) is 6. The Morgan fingerprint density at radius 3 is 0.500 bits per heavy atom. The molecular formula is C3H15N9. The van der Waals surface area contributed by atoms with Crippen LogP contribution < -0.4 is 34.4 Å². The minimum absolute atomic E-state index is 0.333. The van der Waals surface area contributed by atoms with Gasteiger partial charge in [0, 0.05) is 0 Å². The molecule has 72 valence electrons. The van der Waals surface area contributed by atoms with Crippen LogP contribution in [0.3, 0.4) is 0 Å². The van der Waals surface area contributed by atoms with Crippen LogP contribution in [0.4, 0.5) is 0 Å². The van der Waals surface area contributed by atoms with Crippen LogP contribution in [-0.2, 0) is 0 Å². The maximum Gasteiger partial charge on any atom is 0.183 e. The van der Waals surface area contributed by atoms with Crippen LogP contribution in [0, 0.1) is 16.2 Å². The van der Waals surface area contributed by atoms with E-state index in [0.717, 1.165) is 0 Å². The van der Waals surface area contributed by atoms with Gasteiger partial charge in [-0.2, -0.15) is 0 Å². The average molecular weight is 177 g/mol. The predicted octanol–water partition coefficient (Wildman–Crippen LogP) is -3.48. The predicted molar refractivity (Wildman–Crippen MR) is 48.3 cm³/mol. The molecular weight excluding hydrogens is 162 g/mol. The van der Waals surface area contributed by atoms with Crippen molar-refractivity contribution in [2.45, 2.75) is 0 Å². The SMILES string of the molecule is N=C(N)N.N=C(N)N.N=C(N)N. The van der Waals surface area contributed by atoms with Gasteiger partial charge in [0.1, 0.15) is 0 Å². The van der Waals surface area contributed by atoms with Gasteiger partial charge < -0.3 is 34.4 Å². The lowest BCUT2D eigenvalue weighted by molar-refractivity contribution is 1.38. The van der Waals surface area contributed by atoms with Crippen molar-refractivity contribution in [3.8, 4) is 0 Å². The van der Waals surface area contributed by atoms with E-state index in [1.165, 1.54) is 0 Å². The van der Waals surface area contributed by atoms with Crippen molar-refractivity contribution in [3.63, 3.8) is 0 Å². The van der Waals surface area contributed by atoms with Gasteiger partial charge in [-0.05, 0) is 0 Å². The summed E-state index contributed by atoms with van der Waals surface area (Å²) in [6, 6.07) is 0. The van der Waals surface area contributed by atoms with Gasteiger partial charge in [0.05, 0.1) is 0 Å². The number of hydrogen-bond donors (Lipinski definition) is 9. The van der Waals surface area contributed by atoms with Crippen molar-refractivity contribution >= 4 is 17.9 Å². The van der Waals surface area contributed by atoms with E-state index in [1.807, 2.05) is 0 Å². The first kappa shape index (κ1) is 16.4. The van der Waals surface area contributed by atoms with E-state index in [2.05, 4.69) is 34.4 Å². The van der Waals surface area contributed by atoms with E-state index in [-0.39, 0.29) is 17.9 Å². The molecule has 0 atom stereocenters. The molecule has 0 bridgehead atoms. The van der Waals surface area contributed by atoms with E-state index in [1.54, 1.807) is 0 Å². The van der Waals surface area contributed by atoms with Crippen molar-refractivity contribution in [1.29, 1.82) is 16.2 Å². The first-order valence-corrected chi connectivity index (χ1v) is 2.48. The Hall–Kier alpha value is -2.19. The summed E-state index contributed by atoms with van der Waals surface area (Å²) in [5.41, 5.74) is 26.8. The van der Waals surface area contributed by atoms with Gasteiger partial charge in [0.2, 0.25) is 0 Å². The lowest BCUT2D eigenvalue weighted by Crippen LogP contribution is -2.20. The monoisotopic (exact) mass is 177 g/mol. The first-order valence-electron chi connectivity index (χ1n) is 2.48. The Morgan fingerprint density at radius 2 is 0.500 bits per heavy atom. The quantitative estimate of drug-likeness (QED) is 0.134. The van der Waals surface area contributed by atoms with Gasteiger partial charge in [-0.1, -0.05) is 0 Å². The fraction of sp³-hybridized carbons (Fsp3) is 0. The van der Waals surface area contributed by atoms with Gasteiger partial charge in [-0.15, -0.1) is 0 Å². The van der Waals surface area contributed by atoms with Crippen molar-refractivity contribution in [2.24, 2.45) is 34.4 Å². The highest BCUT2D eigenvalue weighted by Crippen LogP contribution is 1.14. The van der Waals surface area contributed by atoms with Crippen molar-refractivity contribution in [3.05, 3.63) is 0 Å². The summed E-state index contributed by atoms with van der Waals surface area (Å²) in [6.07, 6.45) is 0. The zero-order chi connectivity index (χ0) is 10.7. The third-order valence-corrected chi connectivity index (χ3v) is 0. The lowest BCUT2D eigenvalue weighted by Gasteiger charge is -1.69. The van der Waals surface area contributed by atoms with E-state index >= 15 is 0 Å². The van der Waals surface area contributed by atoms with Gasteiger partial charge >= 0.3 is 0 Å². The molecule has 0 unspecified atom stereocenters. The Morgan fingerprint density at radius 1 is 0.500 bits per heavy atom. The van der Waals surface area contributed by atoms with Gasteiger partial charge in [0.15, 0.2) is 17.9 Å². The van der Waals surface area contributed by atoms with E-state index in [4.69, 9.17) is 16.2 Å². The minimum Gasteiger partial charge on any atom is -0.370 e. The molecule has 12 heavy (non-hydrogen) atoms. The van der Waals surface area contributed by atoms with Gasteiger partial charge in [0.25, 0.3) is 0 Å². The van der Waals surface area contributed by atoms with Crippen LogP contribution in [0.25, 0.3) is 0 Å². The van der Waals surface area contributed by atoms with Crippen LogP contribution in [0.2, 0.25) is 0 Å². The van der Waals surface area contributed by atoms with E-state index in [0.29, 0.717) is 0 Å². The highest BCUT2D eigenvalue weighted by atomic mass is 14.9. The molecule has 0 heterocycles. The summed E-state index contributed by atoms with van der Waals surface area (Å²) in [5, 5.41) is 18.2.